The molecule has 1 aromatic rings. The number of ether oxygens (including phenoxy) is 1. The van der Waals surface area contributed by atoms with Gasteiger partial charge in [0.2, 0.25) is 0 Å². The number of benzene rings is 1. The van der Waals surface area contributed by atoms with E-state index < -0.39 is 0 Å². The number of allylic oxidation sites excluding steroid dienone is 1. The molecule has 0 amide bonds. The van der Waals surface area contributed by atoms with E-state index >= 15 is 0 Å². The summed E-state index contributed by atoms with van der Waals surface area (Å²) in [7, 11) is 1.63. The highest BCUT2D eigenvalue weighted by Crippen LogP contribution is 2.32. The van der Waals surface area contributed by atoms with Gasteiger partial charge in [-0.1, -0.05) is 12.1 Å². The number of amidine groups is 1. The molecule has 21 heavy (non-hydrogen) atoms. The van der Waals surface area contributed by atoms with Crippen LogP contribution in [0.25, 0.3) is 0 Å². The van der Waals surface area contributed by atoms with Crippen LogP contribution in [0.2, 0.25) is 0 Å². The predicted octanol–water partition coefficient (Wildman–Crippen LogP) is 2.53. The molecule has 0 N–H and O–H groups in total. The van der Waals surface area contributed by atoms with E-state index in [0.29, 0.717) is 6.54 Å². The molecule has 6 heteroatoms. The van der Waals surface area contributed by atoms with Crippen molar-refractivity contribution in [2.24, 2.45) is 4.99 Å². The monoisotopic (exact) mass is 285 g/mol. The van der Waals surface area contributed by atoms with Crippen molar-refractivity contribution in [3.05, 3.63) is 64.0 Å². The highest BCUT2D eigenvalue weighted by molar-refractivity contribution is 5.95. The van der Waals surface area contributed by atoms with Gasteiger partial charge in [-0.05, 0) is 30.2 Å². The van der Waals surface area contributed by atoms with E-state index in [1.54, 1.807) is 19.4 Å². The number of rotatable bonds is 3. The summed E-state index contributed by atoms with van der Waals surface area (Å²) < 4.78 is 5.16. The minimum atomic E-state index is -0.382. The summed E-state index contributed by atoms with van der Waals surface area (Å²) in [5.41, 5.74) is 1.17. The van der Waals surface area contributed by atoms with E-state index in [0.717, 1.165) is 23.6 Å². The first-order valence-electron chi connectivity index (χ1n) is 6.70. The zero-order valence-corrected chi connectivity index (χ0v) is 11.6. The van der Waals surface area contributed by atoms with Crippen LogP contribution in [0.3, 0.4) is 0 Å². The van der Waals surface area contributed by atoms with Gasteiger partial charge in [-0.15, -0.1) is 0 Å². The van der Waals surface area contributed by atoms with Crippen molar-refractivity contribution in [1.29, 1.82) is 0 Å². The first kappa shape index (κ1) is 13.4. The van der Waals surface area contributed by atoms with Crippen molar-refractivity contribution in [2.45, 2.75) is 12.5 Å². The summed E-state index contributed by atoms with van der Waals surface area (Å²) >= 11 is 0. The Morgan fingerprint density at radius 3 is 2.76 bits per heavy atom. The number of methoxy groups -OCH3 is 1. The Kier molecular flexibility index (Phi) is 3.43. The lowest BCUT2D eigenvalue weighted by Gasteiger charge is -2.34. The fraction of sp³-hybridized carbons (Fsp3) is 0.267. The van der Waals surface area contributed by atoms with E-state index in [9.17, 15) is 10.1 Å². The number of hydrogen-bond acceptors (Lipinski definition) is 5. The molecule has 108 valence electrons. The summed E-state index contributed by atoms with van der Waals surface area (Å²) in [6.45, 7) is 0.717. The molecule has 0 saturated heterocycles. The van der Waals surface area contributed by atoms with Gasteiger partial charge in [-0.3, -0.25) is 15.1 Å². The lowest BCUT2D eigenvalue weighted by molar-refractivity contribution is -0.420. The molecular weight excluding hydrogens is 270 g/mol. The Balaban J connectivity index is 1.93. The molecule has 2 aliphatic rings. The third kappa shape index (κ3) is 2.52. The molecular formula is C15H15N3O3. The normalized spacial score (nSPS) is 20.4. The Bertz CT molecular complexity index is 647. The number of nitrogens with zero attached hydrogens (tertiary/aromatic N) is 3. The molecule has 0 saturated carbocycles. The molecule has 2 heterocycles. The van der Waals surface area contributed by atoms with Gasteiger partial charge >= 0.3 is 0 Å². The SMILES string of the molecule is COc1ccc(C2CCN=C3C=CC([N+](=O)[O-])=CN32)cc1. The van der Waals surface area contributed by atoms with E-state index in [-0.39, 0.29) is 16.7 Å². The van der Waals surface area contributed by atoms with Crippen LogP contribution in [0, 0.1) is 10.1 Å². The van der Waals surface area contributed by atoms with Gasteiger partial charge in [0, 0.05) is 12.6 Å². The largest absolute Gasteiger partial charge is 0.497 e. The second kappa shape index (κ2) is 5.40. The topological polar surface area (TPSA) is 68.0 Å². The molecule has 0 aliphatic carbocycles. The average Bonchev–Trinajstić information content (AvgIpc) is 2.54. The number of nitro groups is 1. The van der Waals surface area contributed by atoms with Gasteiger partial charge in [-0.25, -0.2) is 0 Å². The summed E-state index contributed by atoms with van der Waals surface area (Å²) in [6.07, 6.45) is 5.58. The summed E-state index contributed by atoms with van der Waals surface area (Å²) in [6, 6.07) is 7.84. The number of aliphatic imine (C=N–C) groups is 1. The van der Waals surface area contributed by atoms with Gasteiger partial charge in [-0.2, -0.15) is 0 Å². The first-order valence-corrected chi connectivity index (χ1v) is 6.70. The molecule has 0 spiro atoms. The molecule has 2 aliphatic heterocycles. The fourth-order valence-corrected chi connectivity index (χ4v) is 2.58. The van der Waals surface area contributed by atoms with Crippen LogP contribution in [0.1, 0.15) is 18.0 Å². The standard InChI is InChI=1S/C15H15N3O3/c1-21-13-5-2-11(3-6-13)14-8-9-16-15-7-4-12(18(19)20)10-17(14)15/h2-7,10,14H,8-9H2,1H3. The molecule has 0 aromatic heterocycles. The molecule has 0 radical (unpaired) electrons. The van der Waals surface area contributed by atoms with Gasteiger partial charge in [0.15, 0.2) is 0 Å². The van der Waals surface area contributed by atoms with Crippen molar-refractivity contribution >= 4 is 5.84 Å². The lowest BCUT2D eigenvalue weighted by atomic mass is 9.99. The van der Waals surface area contributed by atoms with Gasteiger partial charge in [0.1, 0.15) is 11.6 Å². The Labute approximate surface area is 122 Å². The maximum absolute atomic E-state index is 11.0. The van der Waals surface area contributed by atoms with Crippen molar-refractivity contribution in [3.63, 3.8) is 0 Å². The summed E-state index contributed by atoms with van der Waals surface area (Å²) in [5, 5.41) is 11.0. The molecule has 0 bridgehead atoms. The second-order valence-electron chi connectivity index (χ2n) is 4.87. The molecule has 1 atom stereocenters. The van der Waals surface area contributed by atoms with Crippen LogP contribution in [-0.4, -0.2) is 29.3 Å². The maximum atomic E-state index is 11.0. The number of hydrogen-bond donors (Lipinski definition) is 0. The van der Waals surface area contributed by atoms with Crippen LogP contribution in [-0.2, 0) is 0 Å². The van der Waals surface area contributed by atoms with E-state index in [4.69, 9.17) is 4.74 Å². The molecule has 1 unspecified atom stereocenters. The summed E-state index contributed by atoms with van der Waals surface area (Å²) in [4.78, 5) is 16.9. The zero-order valence-electron chi connectivity index (χ0n) is 11.6. The van der Waals surface area contributed by atoms with Crippen LogP contribution >= 0.6 is 0 Å². The Hall–Kier alpha value is -2.63. The minimum absolute atomic E-state index is 0.0586. The molecule has 3 rings (SSSR count). The highest BCUT2D eigenvalue weighted by Gasteiger charge is 2.29. The van der Waals surface area contributed by atoms with Crippen LogP contribution in [0.5, 0.6) is 5.75 Å². The zero-order chi connectivity index (χ0) is 14.8. The highest BCUT2D eigenvalue weighted by atomic mass is 16.6. The smallest absolute Gasteiger partial charge is 0.285 e. The maximum Gasteiger partial charge on any atom is 0.285 e. The summed E-state index contributed by atoms with van der Waals surface area (Å²) in [5.74, 6) is 1.57. The van der Waals surface area contributed by atoms with E-state index in [2.05, 4.69) is 4.99 Å². The van der Waals surface area contributed by atoms with Crippen LogP contribution in [0.4, 0.5) is 0 Å². The van der Waals surface area contributed by atoms with Crippen molar-refractivity contribution in [3.8, 4) is 5.75 Å². The minimum Gasteiger partial charge on any atom is -0.497 e. The molecule has 6 nitrogen and oxygen atoms in total. The van der Waals surface area contributed by atoms with E-state index in [1.807, 2.05) is 29.2 Å². The molecule has 0 fully saturated rings. The van der Waals surface area contributed by atoms with Crippen molar-refractivity contribution in [1.82, 2.24) is 4.90 Å². The number of fused-ring (bicyclic) bond motifs is 1. The average molecular weight is 285 g/mol. The van der Waals surface area contributed by atoms with Gasteiger partial charge in [0.25, 0.3) is 5.70 Å². The van der Waals surface area contributed by atoms with Gasteiger partial charge in [0.05, 0.1) is 24.3 Å². The lowest BCUT2D eigenvalue weighted by Crippen LogP contribution is -2.35. The quantitative estimate of drug-likeness (QED) is 0.632. The van der Waals surface area contributed by atoms with Crippen molar-refractivity contribution < 1.29 is 9.66 Å². The predicted molar refractivity (Wildman–Crippen MR) is 78.7 cm³/mol. The van der Waals surface area contributed by atoms with E-state index in [1.165, 1.54) is 6.08 Å². The fourth-order valence-electron chi connectivity index (χ4n) is 2.58. The van der Waals surface area contributed by atoms with Crippen molar-refractivity contribution in [2.75, 3.05) is 13.7 Å². The Morgan fingerprint density at radius 2 is 2.10 bits per heavy atom. The Morgan fingerprint density at radius 1 is 1.33 bits per heavy atom. The third-order valence-corrected chi connectivity index (χ3v) is 3.66. The third-order valence-electron chi connectivity index (χ3n) is 3.66. The second-order valence-corrected chi connectivity index (χ2v) is 4.87. The molecule has 1 aromatic carbocycles. The van der Waals surface area contributed by atoms with Gasteiger partial charge < -0.3 is 9.64 Å². The van der Waals surface area contributed by atoms with Crippen LogP contribution < -0.4 is 4.74 Å². The van der Waals surface area contributed by atoms with Crippen LogP contribution in [0.15, 0.2) is 53.3 Å². The first-order chi connectivity index (χ1) is 10.2.